The number of thiocarbonyl (C=S) groups is 1. The van der Waals surface area contributed by atoms with Crippen molar-refractivity contribution in [2.45, 2.75) is 51.9 Å². The molecule has 1 aliphatic carbocycles. The van der Waals surface area contributed by atoms with Gasteiger partial charge < -0.3 is 10.6 Å². The highest BCUT2D eigenvalue weighted by Crippen LogP contribution is 2.31. The Morgan fingerprint density at radius 3 is 2.81 bits per heavy atom. The van der Waals surface area contributed by atoms with Gasteiger partial charge in [-0.2, -0.15) is 0 Å². The topological polar surface area (TPSA) is 42.2 Å². The second kappa shape index (κ2) is 6.30. The maximum Gasteiger partial charge on any atom is 0.139 e. The molecular formula is C17H25N3S. The van der Waals surface area contributed by atoms with Crippen LogP contribution in [0.4, 0.5) is 5.82 Å². The summed E-state index contributed by atoms with van der Waals surface area (Å²) in [6.07, 6.45) is 8.62. The number of piperidine rings is 1. The van der Waals surface area contributed by atoms with Gasteiger partial charge in [-0.1, -0.05) is 32.0 Å². The van der Waals surface area contributed by atoms with Crippen molar-refractivity contribution in [1.82, 2.24) is 4.98 Å². The minimum Gasteiger partial charge on any atom is -0.389 e. The van der Waals surface area contributed by atoms with Gasteiger partial charge in [-0.05, 0) is 49.7 Å². The van der Waals surface area contributed by atoms with Crippen LogP contribution in [0, 0.1) is 5.92 Å². The molecule has 0 atom stereocenters. The van der Waals surface area contributed by atoms with E-state index < -0.39 is 0 Å². The Labute approximate surface area is 132 Å². The van der Waals surface area contributed by atoms with E-state index in [2.05, 4.69) is 17.9 Å². The monoisotopic (exact) mass is 303 g/mol. The summed E-state index contributed by atoms with van der Waals surface area (Å²) in [5.41, 5.74) is 9.55. The number of pyridine rings is 1. The molecule has 3 rings (SSSR count). The van der Waals surface area contributed by atoms with Gasteiger partial charge in [0.25, 0.3) is 0 Å². The van der Waals surface area contributed by atoms with Crippen LogP contribution < -0.4 is 10.6 Å². The number of nitrogens with two attached hydrogens (primary N) is 1. The van der Waals surface area contributed by atoms with Crippen LogP contribution in [0.3, 0.4) is 0 Å². The Bertz CT molecular complexity index is 533. The number of aromatic nitrogens is 1. The molecule has 0 unspecified atom stereocenters. The number of nitrogens with zero attached hydrogens (tertiary/aromatic N) is 2. The second-order valence-corrected chi connectivity index (χ2v) is 6.84. The van der Waals surface area contributed by atoms with E-state index in [0.717, 1.165) is 43.2 Å². The zero-order valence-electron chi connectivity index (χ0n) is 12.9. The first-order valence-electron chi connectivity index (χ1n) is 8.26. The third-order valence-corrected chi connectivity index (χ3v) is 5.13. The number of rotatable bonds is 4. The van der Waals surface area contributed by atoms with E-state index in [-0.39, 0.29) is 0 Å². The SMILES string of the molecule is CCCC1CCN(c2nc3c(cc2C(N)=S)CCC3)CC1. The number of aryl methyl sites for hydroxylation is 2. The maximum absolute atomic E-state index is 5.96. The molecular weight excluding hydrogens is 278 g/mol. The van der Waals surface area contributed by atoms with Gasteiger partial charge in [0.1, 0.15) is 10.8 Å². The molecule has 0 aromatic carbocycles. The Morgan fingerprint density at radius 1 is 1.38 bits per heavy atom. The highest BCUT2D eigenvalue weighted by molar-refractivity contribution is 7.80. The minimum atomic E-state index is 0.489. The Morgan fingerprint density at radius 2 is 2.14 bits per heavy atom. The zero-order chi connectivity index (χ0) is 14.8. The van der Waals surface area contributed by atoms with Crippen LogP contribution in [-0.4, -0.2) is 23.1 Å². The lowest BCUT2D eigenvalue weighted by Crippen LogP contribution is -2.36. The Hall–Kier alpha value is -1.16. The van der Waals surface area contributed by atoms with E-state index in [0.29, 0.717) is 4.99 Å². The highest BCUT2D eigenvalue weighted by atomic mass is 32.1. The van der Waals surface area contributed by atoms with Gasteiger partial charge in [-0.15, -0.1) is 0 Å². The van der Waals surface area contributed by atoms with Gasteiger partial charge in [-0.25, -0.2) is 4.98 Å². The fourth-order valence-electron chi connectivity index (χ4n) is 3.73. The van der Waals surface area contributed by atoms with Crippen molar-refractivity contribution in [3.63, 3.8) is 0 Å². The molecule has 0 saturated carbocycles. The van der Waals surface area contributed by atoms with Crippen LogP contribution in [0.2, 0.25) is 0 Å². The summed E-state index contributed by atoms with van der Waals surface area (Å²) in [6.45, 7) is 4.46. The average Bonchev–Trinajstić information content (AvgIpc) is 2.94. The summed E-state index contributed by atoms with van der Waals surface area (Å²) in [7, 11) is 0. The smallest absolute Gasteiger partial charge is 0.139 e. The summed E-state index contributed by atoms with van der Waals surface area (Å²) >= 11 is 5.27. The molecule has 114 valence electrons. The predicted octanol–water partition coefficient (Wildman–Crippen LogP) is 3.22. The van der Waals surface area contributed by atoms with Crippen molar-refractivity contribution >= 4 is 23.0 Å². The molecule has 0 bridgehead atoms. The van der Waals surface area contributed by atoms with Gasteiger partial charge in [0.05, 0.1) is 5.56 Å². The molecule has 4 heteroatoms. The maximum atomic E-state index is 5.96. The fourth-order valence-corrected chi connectivity index (χ4v) is 3.88. The van der Waals surface area contributed by atoms with E-state index in [1.54, 1.807) is 0 Å². The third-order valence-electron chi connectivity index (χ3n) is 4.91. The van der Waals surface area contributed by atoms with Crippen molar-refractivity contribution < 1.29 is 0 Å². The molecule has 2 heterocycles. The summed E-state index contributed by atoms with van der Waals surface area (Å²) in [4.78, 5) is 7.82. The van der Waals surface area contributed by atoms with Crippen LogP contribution in [-0.2, 0) is 12.8 Å². The van der Waals surface area contributed by atoms with E-state index in [1.165, 1.54) is 43.4 Å². The van der Waals surface area contributed by atoms with Crippen molar-refractivity contribution in [1.29, 1.82) is 0 Å². The van der Waals surface area contributed by atoms with Crippen LogP contribution >= 0.6 is 12.2 Å². The van der Waals surface area contributed by atoms with E-state index in [4.69, 9.17) is 22.9 Å². The second-order valence-electron chi connectivity index (χ2n) is 6.40. The summed E-state index contributed by atoms with van der Waals surface area (Å²) in [5.74, 6) is 1.92. The minimum absolute atomic E-state index is 0.489. The van der Waals surface area contributed by atoms with E-state index in [9.17, 15) is 0 Å². The van der Waals surface area contributed by atoms with E-state index >= 15 is 0 Å². The van der Waals surface area contributed by atoms with Crippen molar-refractivity contribution in [2.75, 3.05) is 18.0 Å². The lowest BCUT2D eigenvalue weighted by Gasteiger charge is -2.34. The molecule has 2 aliphatic rings. The molecule has 1 aliphatic heterocycles. The van der Waals surface area contributed by atoms with Gasteiger partial charge in [0.2, 0.25) is 0 Å². The number of hydrogen-bond acceptors (Lipinski definition) is 3. The van der Waals surface area contributed by atoms with Crippen LogP contribution in [0.1, 0.15) is 55.8 Å². The molecule has 1 saturated heterocycles. The van der Waals surface area contributed by atoms with Gasteiger partial charge in [0.15, 0.2) is 0 Å². The Kier molecular flexibility index (Phi) is 4.43. The molecule has 3 nitrogen and oxygen atoms in total. The number of fused-ring (bicyclic) bond motifs is 1. The largest absolute Gasteiger partial charge is 0.389 e. The third kappa shape index (κ3) is 3.05. The van der Waals surface area contributed by atoms with Crippen LogP contribution in [0.25, 0.3) is 0 Å². The molecule has 1 fully saturated rings. The summed E-state index contributed by atoms with van der Waals surface area (Å²) in [6, 6.07) is 2.20. The Balaban J connectivity index is 1.83. The van der Waals surface area contributed by atoms with E-state index in [1.807, 2.05) is 0 Å². The van der Waals surface area contributed by atoms with Gasteiger partial charge >= 0.3 is 0 Å². The fraction of sp³-hybridized carbons (Fsp3) is 0.647. The average molecular weight is 303 g/mol. The van der Waals surface area contributed by atoms with Gasteiger partial charge in [0, 0.05) is 18.8 Å². The standard InChI is InChI=1S/C17H25N3S/c1-2-4-12-7-9-20(10-8-12)17-14(16(18)21)11-13-5-3-6-15(13)19-17/h11-12H,2-10H2,1H3,(H2,18,21). The first-order chi connectivity index (χ1) is 10.2. The molecule has 0 amide bonds. The molecule has 2 N–H and O–H groups in total. The first-order valence-corrected chi connectivity index (χ1v) is 8.67. The summed E-state index contributed by atoms with van der Waals surface area (Å²) < 4.78 is 0. The lowest BCUT2D eigenvalue weighted by atomic mass is 9.92. The number of anilines is 1. The van der Waals surface area contributed by atoms with Crippen LogP contribution in [0.5, 0.6) is 0 Å². The number of hydrogen-bond donors (Lipinski definition) is 1. The molecule has 0 radical (unpaired) electrons. The van der Waals surface area contributed by atoms with Crippen LogP contribution in [0.15, 0.2) is 6.07 Å². The molecule has 1 aromatic heterocycles. The first kappa shape index (κ1) is 14.8. The normalized spacial score (nSPS) is 18.8. The highest BCUT2D eigenvalue weighted by Gasteiger charge is 2.24. The summed E-state index contributed by atoms with van der Waals surface area (Å²) in [5, 5.41) is 0. The van der Waals surface area contributed by atoms with Gasteiger partial charge in [-0.3, -0.25) is 0 Å². The zero-order valence-corrected chi connectivity index (χ0v) is 13.7. The molecule has 1 aromatic rings. The van der Waals surface area contributed by atoms with Crippen molar-refractivity contribution in [3.8, 4) is 0 Å². The molecule has 21 heavy (non-hydrogen) atoms. The quantitative estimate of drug-likeness (QED) is 0.867. The predicted molar refractivity (Wildman–Crippen MR) is 92.0 cm³/mol. The van der Waals surface area contributed by atoms with Crippen molar-refractivity contribution in [2.24, 2.45) is 11.7 Å². The lowest BCUT2D eigenvalue weighted by molar-refractivity contribution is 0.377. The van der Waals surface area contributed by atoms with Crippen molar-refractivity contribution in [3.05, 3.63) is 22.9 Å². The molecule has 0 spiro atoms.